The van der Waals surface area contributed by atoms with Gasteiger partial charge in [-0.2, -0.15) is 0 Å². The Morgan fingerprint density at radius 3 is 2.50 bits per heavy atom. The summed E-state index contributed by atoms with van der Waals surface area (Å²) < 4.78 is 22.0. The third-order valence-electron chi connectivity index (χ3n) is 3.84. The van der Waals surface area contributed by atoms with E-state index in [0.29, 0.717) is 4.90 Å². The molecule has 1 atom stereocenters. The second-order valence-corrected chi connectivity index (χ2v) is 8.43. The van der Waals surface area contributed by atoms with E-state index in [9.17, 15) is 8.76 Å². The Hall–Kier alpha value is -1.23. The Morgan fingerprint density at radius 1 is 1.18 bits per heavy atom. The van der Waals surface area contributed by atoms with Crippen molar-refractivity contribution in [3.05, 3.63) is 53.1 Å². The molecule has 0 aliphatic rings. The van der Waals surface area contributed by atoms with Crippen LogP contribution >= 0.6 is 0 Å². The van der Waals surface area contributed by atoms with E-state index in [1.165, 1.54) is 5.56 Å². The highest BCUT2D eigenvalue weighted by molar-refractivity contribution is 8.29. The van der Waals surface area contributed by atoms with Crippen molar-refractivity contribution < 1.29 is 8.76 Å². The molecule has 0 bridgehead atoms. The molecule has 118 valence electrons. The minimum absolute atomic E-state index is 0.401. The fourth-order valence-corrected chi connectivity index (χ4v) is 4.02. The highest BCUT2D eigenvalue weighted by atomic mass is 32.8. The molecule has 2 aromatic carbocycles. The molecule has 0 aliphatic heterocycles. The van der Waals surface area contributed by atoms with Crippen molar-refractivity contribution in [3.63, 3.8) is 0 Å². The fraction of sp³-hybridized carbons (Fsp3) is 0.333. The molecule has 0 aliphatic carbocycles. The smallest absolute Gasteiger partial charge is 0.171 e. The van der Waals surface area contributed by atoms with Gasteiger partial charge in [-0.15, -0.1) is 0 Å². The first-order chi connectivity index (χ1) is 10.3. The van der Waals surface area contributed by atoms with Crippen LogP contribution in [0, 0.1) is 13.8 Å². The van der Waals surface area contributed by atoms with Crippen molar-refractivity contribution in [1.29, 1.82) is 0 Å². The zero-order chi connectivity index (χ0) is 16.3. The molecule has 0 heterocycles. The predicted octanol–water partition coefficient (Wildman–Crippen LogP) is 4.89. The van der Waals surface area contributed by atoms with E-state index in [4.69, 9.17) is 11.2 Å². The first-order valence-electron chi connectivity index (χ1n) is 7.51. The molecule has 0 radical (unpaired) electrons. The summed E-state index contributed by atoms with van der Waals surface area (Å²) >= 11 is 4.85. The molecule has 0 aromatic heterocycles. The Labute approximate surface area is 138 Å². The maximum absolute atomic E-state index is 12.1. The van der Waals surface area contributed by atoms with Crippen molar-refractivity contribution in [3.8, 4) is 11.1 Å². The quantitative estimate of drug-likeness (QED) is 0.846. The van der Waals surface area contributed by atoms with Gasteiger partial charge in [0.1, 0.15) is 0 Å². The lowest BCUT2D eigenvalue weighted by atomic mass is 9.91. The van der Waals surface area contributed by atoms with Crippen molar-refractivity contribution in [1.82, 2.24) is 0 Å². The second-order valence-electron chi connectivity index (χ2n) is 5.68. The third-order valence-corrected chi connectivity index (χ3v) is 5.32. The predicted molar refractivity (Wildman–Crippen MR) is 96.4 cm³/mol. The van der Waals surface area contributed by atoms with Crippen molar-refractivity contribution in [2.75, 3.05) is 0 Å². The molecule has 0 fully saturated rings. The molecular weight excluding hydrogens is 312 g/mol. The molecule has 2 aromatic rings. The molecule has 22 heavy (non-hydrogen) atoms. The molecule has 0 saturated heterocycles. The molecule has 2 rings (SSSR count). The van der Waals surface area contributed by atoms with Crippen LogP contribution in [0.1, 0.15) is 36.5 Å². The normalized spacial score (nSPS) is 13.8. The zero-order valence-electron chi connectivity index (χ0n) is 13.3. The summed E-state index contributed by atoms with van der Waals surface area (Å²) in [4.78, 5) is 0.401. The summed E-state index contributed by atoms with van der Waals surface area (Å²) in [6.45, 7) is 6.21. The summed E-state index contributed by atoms with van der Waals surface area (Å²) in [5.74, 6) is 0. The van der Waals surface area contributed by atoms with E-state index in [0.717, 1.165) is 41.5 Å². The van der Waals surface area contributed by atoms with E-state index in [1.807, 2.05) is 19.1 Å². The van der Waals surface area contributed by atoms with E-state index in [1.54, 1.807) is 6.07 Å². The minimum atomic E-state index is -3.39. The Morgan fingerprint density at radius 2 is 1.91 bits per heavy atom. The standard InChI is InChI=1S/C18H22O2S2/c1-4-5-9-16-17(22(19,20)21)11-10-14(3)18(16)15-8-6-7-13(2)12-15/h6-8,10-12H,4-5,9H2,1-3H3,(H,19,20,21). The molecule has 4 heteroatoms. The van der Waals surface area contributed by atoms with Crippen molar-refractivity contribution >= 4 is 20.0 Å². The molecule has 0 amide bonds. The number of hydrogen-bond donors (Lipinski definition) is 1. The topological polar surface area (TPSA) is 37.3 Å². The van der Waals surface area contributed by atoms with Crippen LogP contribution in [0.15, 0.2) is 41.3 Å². The number of hydrogen-bond acceptors (Lipinski definition) is 2. The molecule has 2 nitrogen and oxygen atoms in total. The van der Waals surface area contributed by atoms with Crippen LogP contribution in [0.3, 0.4) is 0 Å². The summed E-state index contributed by atoms with van der Waals surface area (Å²) in [6.07, 6.45) is 2.77. The summed E-state index contributed by atoms with van der Waals surface area (Å²) in [5.41, 5.74) is 5.35. The van der Waals surface area contributed by atoms with Crippen LogP contribution < -0.4 is 0 Å². The Kier molecular flexibility index (Phi) is 5.37. The van der Waals surface area contributed by atoms with Gasteiger partial charge in [0.2, 0.25) is 0 Å². The van der Waals surface area contributed by atoms with Crippen LogP contribution in [0.4, 0.5) is 0 Å². The maximum Gasteiger partial charge on any atom is 0.171 e. The van der Waals surface area contributed by atoms with Crippen LogP contribution in [0.2, 0.25) is 0 Å². The van der Waals surface area contributed by atoms with E-state index < -0.39 is 8.77 Å². The lowest BCUT2D eigenvalue weighted by Crippen LogP contribution is -2.05. The monoisotopic (exact) mass is 334 g/mol. The molecule has 1 N–H and O–H groups in total. The molecule has 0 spiro atoms. The first kappa shape index (κ1) is 17.1. The van der Waals surface area contributed by atoms with E-state index >= 15 is 0 Å². The van der Waals surface area contributed by atoms with Gasteiger partial charge in [0.05, 0.1) is 4.90 Å². The van der Waals surface area contributed by atoms with E-state index in [2.05, 4.69) is 32.0 Å². The maximum atomic E-state index is 12.1. The highest BCUT2D eigenvalue weighted by Crippen LogP contribution is 2.33. The Balaban J connectivity index is 2.75. The average molecular weight is 335 g/mol. The van der Waals surface area contributed by atoms with Gasteiger partial charge < -0.3 is 4.55 Å². The van der Waals surface area contributed by atoms with Crippen molar-refractivity contribution in [2.24, 2.45) is 0 Å². The zero-order valence-corrected chi connectivity index (χ0v) is 14.9. The summed E-state index contributed by atoms with van der Waals surface area (Å²) in [5, 5.41) is 0. The van der Waals surface area contributed by atoms with Crippen molar-refractivity contribution in [2.45, 2.75) is 44.9 Å². The van der Waals surface area contributed by atoms with Crippen LogP contribution in [0.25, 0.3) is 11.1 Å². The van der Waals surface area contributed by atoms with Gasteiger partial charge in [0.25, 0.3) is 0 Å². The van der Waals surface area contributed by atoms with Gasteiger partial charge >= 0.3 is 0 Å². The second kappa shape index (κ2) is 6.90. The number of benzene rings is 2. The van der Waals surface area contributed by atoms with Gasteiger partial charge in [-0.05, 0) is 55.0 Å². The van der Waals surface area contributed by atoms with E-state index in [-0.39, 0.29) is 0 Å². The first-order valence-corrected chi connectivity index (χ1v) is 9.95. The lowest BCUT2D eigenvalue weighted by Gasteiger charge is -2.17. The largest absolute Gasteiger partial charge is 0.302 e. The number of rotatable bonds is 5. The van der Waals surface area contributed by atoms with Gasteiger partial charge in [-0.25, -0.2) is 4.21 Å². The minimum Gasteiger partial charge on any atom is -0.302 e. The lowest BCUT2D eigenvalue weighted by molar-refractivity contribution is 0.560. The highest BCUT2D eigenvalue weighted by Gasteiger charge is 2.18. The molecule has 1 unspecified atom stereocenters. The van der Waals surface area contributed by atoms with Gasteiger partial charge in [-0.3, -0.25) is 0 Å². The van der Waals surface area contributed by atoms with Crippen LogP contribution in [-0.4, -0.2) is 8.76 Å². The van der Waals surface area contributed by atoms with Gasteiger partial charge in [0, 0.05) is 11.2 Å². The van der Waals surface area contributed by atoms with Gasteiger partial charge in [0.15, 0.2) is 8.77 Å². The average Bonchev–Trinajstić information content (AvgIpc) is 2.43. The molecule has 0 saturated carbocycles. The Bertz CT molecular complexity index is 778. The number of unbranched alkanes of at least 4 members (excludes halogenated alkanes) is 1. The molecular formula is C18H22O2S2. The third kappa shape index (κ3) is 3.75. The summed E-state index contributed by atoms with van der Waals surface area (Å²) in [7, 11) is -3.39. The van der Waals surface area contributed by atoms with Gasteiger partial charge in [-0.1, -0.05) is 49.2 Å². The fourth-order valence-electron chi connectivity index (χ4n) is 2.79. The SMILES string of the molecule is CCCCc1c(S(=O)(O)=S)ccc(C)c1-c1cccc(C)c1. The summed E-state index contributed by atoms with van der Waals surface area (Å²) in [6, 6.07) is 11.8. The van der Waals surface area contributed by atoms with Crippen LogP contribution in [-0.2, 0) is 26.4 Å². The number of aryl methyl sites for hydroxylation is 2. The van der Waals surface area contributed by atoms with Crippen LogP contribution in [0.5, 0.6) is 0 Å².